The standard InChI is InChI=1S/C12H10N4O2/c1-8-15-11(6-13)12(18-8)16-14-7-9-2-4-10(17)5-3-9/h2-5,7,16-17H,1H3/b14-7-. The molecule has 0 saturated carbocycles. The summed E-state index contributed by atoms with van der Waals surface area (Å²) in [7, 11) is 0. The summed E-state index contributed by atoms with van der Waals surface area (Å²) in [4.78, 5) is 3.87. The van der Waals surface area contributed by atoms with E-state index in [9.17, 15) is 0 Å². The van der Waals surface area contributed by atoms with Gasteiger partial charge in [-0.3, -0.25) is 0 Å². The Hall–Kier alpha value is -2.81. The van der Waals surface area contributed by atoms with E-state index < -0.39 is 0 Å². The van der Waals surface area contributed by atoms with Crippen LogP contribution in [0.15, 0.2) is 33.8 Å². The largest absolute Gasteiger partial charge is 0.508 e. The Labute approximate surface area is 103 Å². The van der Waals surface area contributed by atoms with E-state index in [4.69, 9.17) is 14.8 Å². The summed E-state index contributed by atoms with van der Waals surface area (Å²) in [5, 5.41) is 21.8. The number of anilines is 1. The van der Waals surface area contributed by atoms with Crippen molar-refractivity contribution < 1.29 is 9.52 Å². The van der Waals surface area contributed by atoms with E-state index >= 15 is 0 Å². The van der Waals surface area contributed by atoms with Crippen LogP contribution in [0.5, 0.6) is 5.75 Å². The molecule has 0 atom stereocenters. The lowest BCUT2D eigenvalue weighted by Gasteiger charge is -1.95. The molecule has 0 aliphatic carbocycles. The number of nitrogens with zero attached hydrogens (tertiary/aromatic N) is 3. The van der Waals surface area contributed by atoms with Gasteiger partial charge >= 0.3 is 0 Å². The first kappa shape index (κ1) is 11.7. The summed E-state index contributed by atoms with van der Waals surface area (Å²) in [6.07, 6.45) is 1.54. The summed E-state index contributed by atoms with van der Waals surface area (Å²) in [6, 6.07) is 8.42. The summed E-state index contributed by atoms with van der Waals surface area (Å²) < 4.78 is 5.16. The first-order chi connectivity index (χ1) is 8.69. The van der Waals surface area contributed by atoms with Gasteiger partial charge in [-0.25, -0.2) is 10.4 Å². The average Bonchev–Trinajstić information content (AvgIpc) is 2.72. The predicted molar refractivity (Wildman–Crippen MR) is 65.3 cm³/mol. The highest BCUT2D eigenvalue weighted by Crippen LogP contribution is 2.15. The third kappa shape index (κ3) is 2.65. The maximum Gasteiger partial charge on any atom is 0.252 e. The van der Waals surface area contributed by atoms with E-state index in [1.165, 1.54) is 0 Å². The molecule has 0 fully saturated rings. The number of hydrogen-bond acceptors (Lipinski definition) is 6. The number of aromatic nitrogens is 1. The minimum absolute atomic E-state index is 0.162. The molecule has 18 heavy (non-hydrogen) atoms. The molecule has 0 unspecified atom stereocenters. The van der Waals surface area contributed by atoms with Gasteiger partial charge in [0, 0.05) is 6.92 Å². The normalized spacial score (nSPS) is 10.4. The Morgan fingerprint density at radius 1 is 1.44 bits per heavy atom. The number of nitrogens with one attached hydrogen (secondary N) is 1. The number of oxazole rings is 1. The van der Waals surface area contributed by atoms with Gasteiger partial charge in [0.2, 0.25) is 5.69 Å². The topological polar surface area (TPSA) is 94.4 Å². The Morgan fingerprint density at radius 3 is 2.83 bits per heavy atom. The molecule has 6 heteroatoms. The SMILES string of the molecule is Cc1nc(C#N)c(N/N=C\c2ccc(O)cc2)o1. The van der Waals surface area contributed by atoms with Crippen LogP contribution in [0.25, 0.3) is 0 Å². The number of phenolic OH excluding ortho intramolecular Hbond substituents is 1. The number of nitriles is 1. The van der Waals surface area contributed by atoms with E-state index in [0.29, 0.717) is 5.89 Å². The molecular weight excluding hydrogens is 232 g/mol. The van der Waals surface area contributed by atoms with Gasteiger partial charge in [0.15, 0.2) is 5.89 Å². The molecule has 0 amide bonds. The van der Waals surface area contributed by atoms with Crippen LogP contribution in [-0.2, 0) is 0 Å². The zero-order valence-corrected chi connectivity index (χ0v) is 9.58. The van der Waals surface area contributed by atoms with E-state index in [2.05, 4.69) is 15.5 Å². The highest BCUT2D eigenvalue weighted by atomic mass is 16.4. The monoisotopic (exact) mass is 242 g/mol. The fourth-order valence-corrected chi connectivity index (χ4v) is 1.30. The van der Waals surface area contributed by atoms with Gasteiger partial charge in [-0.2, -0.15) is 10.4 Å². The van der Waals surface area contributed by atoms with Crippen LogP contribution in [0.4, 0.5) is 5.88 Å². The van der Waals surface area contributed by atoms with Gasteiger partial charge in [0.05, 0.1) is 6.21 Å². The van der Waals surface area contributed by atoms with Crippen LogP contribution < -0.4 is 5.43 Å². The summed E-state index contributed by atoms with van der Waals surface area (Å²) in [6.45, 7) is 1.65. The van der Waals surface area contributed by atoms with Gasteiger partial charge in [0.25, 0.3) is 5.88 Å². The second kappa shape index (κ2) is 5.01. The molecule has 0 saturated heterocycles. The van der Waals surface area contributed by atoms with Crippen LogP contribution in [0, 0.1) is 18.3 Å². The molecule has 2 N–H and O–H groups in total. The van der Waals surface area contributed by atoms with Crippen LogP contribution in [0.3, 0.4) is 0 Å². The van der Waals surface area contributed by atoms with Crippen molar-refractivity contribution in [1.82, 2.24) is 4.98 Å². The minimum atomic E-state index is 0.162. The molecule has 0 aliphatic heterocycles. The van der Waals surface area contributed by atoms with Crippen molar-refractivity contribution in [2.24, 2.45) is 5.10 Å². The average molecular weight is 242 g/mol. The Balaban J connectivity index is 2.07. The first-order valence-electron chi connectivity index (χ1n) is 5.14. The number of benzene rings is 1. The van der Waals surface area contributed by atoms with E-state index in [1.807, 2.05) is 6.07 Å². The summed E-state index contributed by atoms with van der Waals surface area (Å²) >= 11 is 0. The number of hydrogen-bond donors (Lipinski definition) is 2. The fourth-order valence-electron chi connectivity index (χ4n) is 1.30. The number of phenols is 1. The van der Waals surface area contributed by atoms with Crippen molar-refractivity contribution in [2.45, 2.75) is 6.92 Å². The molecule has 90 valence electrons. The zero-order chi connectivity index (χ0) is 13.0. The lowest BCUT2D eigenvalue weighted by atomic mass is 10.2. The van der Waals surface area contributed by atoms with Crippen molar-refractivity contribution in [3.05, 3.63) is 41.4 Å². The molecule has 0 radical (unpaired) electrons. The highest BCUT2D eigenvalue weighted by Gasteiger charge is 2.08. The van der Waals surface area contributed by atoms with Gasteiger partial charge in [-0.1, -0.05) is 0 Å². The third-order valence-corrected chi connectivity index (χ3v) is 2.11. The van der Waals surface area contributed by atoms with E-state index in [-0.39, 0.29) is 17.3 Å². The molecule has 6 nitrogen and oxygen atoms in total. The molecule has 1 aromatic heterocycles. The number of hydrazone groups is 1. The van der Waals surface area contributed by atoms with Gasteiger partial charge in [-0.15, -0.1) is 0 Å². The minimum Gasteiger partial charge on any atom is -0.508 e. The number of aryl methyl sites for hydroxylation is 1. The molecule has 2 rings (SSSR count). The van der Waals surface area contributed by atoms with Crippen molar-refractivity contribution in [2.75, 3.05) is 5.43 Å². The Bertz CT molecular complexity index is 608. The first-order valence-corrected chi connectivity index (χ1v) is 5.14. The molecule has 2 aromatic rings. The number of rotatable bonds is 3. The Morgan fingerprint density at radius 2 is 2.17 bits per heavy atom. The fraction of sp³-hybridized carbons (Fsp3) is 0.0833. The Kier molecular flexibility index (Phi) is 3.25. The van der Waals surface area contributed by atoms with Gasteiger partial charge in [0.1, 0.15) is 11.8 Å². The van der Waals surface area contributed by atoms with Crippen LogP contribution in [0.2, 0.25) is 0 Å². The summed E-state index contributed by atoms with van der Waals surface area (Å²) in [5.41, 5.74) is 3.57. The molecule has 1 heterocycles. The molecule has 0 spiro atoms. The maximum absolute atomic E-state index is 9.11. The maximum atomic E-state index is 9.11. The molecule has 0 bridgehead atoms. The third-order valence-electron chi connectivity index (χ3n) is 2.11. The van der Waals surface area contributed by atoms with Crippen molar-refractivity contribution in [3.8, 4) is 11.8 Å². The van der Waals surface area contributed by atoms with Gasteiger partial charge < -0.3 is 9.52 Å². The van der Waals surface area contributed by atoms with Crippen molar-refractivity contribution >= 4 is 12.1 Å². The highest BCUT2D eigenvalue weighted by molar-refractivity contribution is 5.80. The van der Waals surface area contributed by atoms with Crippen molar-refractivity contribution in [1.29, 1.82) is 5.26 Å². The lowest BCUT2D eigenvalue weighted by molar-refractivity contribution is 0.475. The quantitative estimate of drug-likeness (QED) is 0.634. The van der Waals surface area contributed by atoms with Crippen LogP contribution in [-0.4, -0.2) is 16.3 Å². The molecule has 1 aromatic carbocycles. The van der Waals surface area contributed by atoms with Crippen molar-refractivity contribution in [3.63, 3.8) is 0 Å². The van der Waals surface area contributed by atoms with Gasteiger partial charge in [-0.05, 0) is 29.8 Å². The second-order valence-corrected chi connectivity index (χ2v) is 3.48. The second-order valence-electron chi connectivity index (χ2n) is 3.48. The molecular formula is C12H10N4O2. The number of aromatic hydroxyl groups is 1. The van der Waals surface area contributed by atoms with Crippen LogP contribution in [0.1, 0.15) is 17.1 Å². The van der Waals surface area contributed by atoms with E-state index in [0.717, 1.165) is 5.56 Å². The van der Waals surface area contributed by atoms with Crippen LogP contribution >= 0.6 is 0 Å². The molecule has 0 aliphatic rings. The zero-order valence-electron chi connectivity index (χ0n) is 9.58. The predicted octanol–water partition coefficient (Wildman–Crippen LogP) is 2.01. The lowest BCUT2D eigenvalue weighted by Crippen LogP contribution is -1.91. The summed E-state index contributed by atoms with van der Waals surface area (Å²) in [5.74, 6) is 0.802. The van der Waals surface area contributed by atoms with E-state index in [1.54, 1.807) is 37.4 Å². The smallest absolute Gasteiger partial charge is 0.252 e.